The Morgan fingerprint density at radius 2 is 1.82 bits per heavy atom. The molecule has 2 atom stereocenters. The maximum absolute atomic E-state index is 12.4. The van der Waals surface area contributed by atoms with Crippen molar-refractivity contribution in [1.82, 2.24) is 4.83 Å². The molecule has 2 bridgehead atoms. The molecule has 0 spiro atoms. The highest BCUT2D eigenvalue weighted by atomic mass is 32.2. The van der Waals surface area contributed by atoms with Gasteiger partial charge in [0, 0.05) is 11.1 Å². The highest BCUT2D eigenvalue weighted by molar-refractivity contribution is 7.89. The van der Waals surface area contributed by atoms with E-state index in [4.69, 9.17) is 0 Å². The Bertz CT molecular complexity index is 720. The fraction of sp³-hybridized carbons (Fsp3) is 0.588. The van der Waals surface area contributed by atoms with Gasteiger partial charge in [-0.2, -0.15) is 13.5 Å². The number of nitrogens with zero attached hydrogens (tertiary/aromatic N) is 1. The van der Waals surface area contributed by atoms with Crippen LogP contribution in [0.15, 0.2) is 34.3 Å². The van der Waals surface area contributed by atoms with E-state index >= 15 is 0 Å². The number of rotatable bonds is 3. The van der Waals surface area contributed by atoms with Crippen molar-refractivity contribution < 1.29 is 8.42 Å². The Morgan fingerprint density at radius 1 is 1.18 bits per heavy atom. The Labute approximate surface area is 133 Å². The Morgan fingerprint density at radius 3 is 2.32 bits per heavy atom. The first kappa shape index (κ1) is 15.5. The van der Waals surface area contributed by atoms with Crippen LogP contribution in [0.2, 0.25) is 0 Å². The van der Waals surface area contributed by atoms with Crippen LogP contribution in [0, 0.1) is 23.7 Å². The number of sulfonamides is 1. The largest absolute Gasteiger partial charge is 0.276 e. The minimum Gasteiger partial charge on any atom is -0.200 e. The van der Waals surface area contributed by atoms with E-state index in [0.717, 1.165) is 24.1 Å². The van der Waals surface area contributed by atoms with Crippen molar-refractivity contribution in [2.45, 2.75) is 51.9 Å². The Kier molecular flexibility index (Phi) is 3.40. The molecule has 5 heteroatoms. The topological polar surface area (TPSA) is 58.5 Å². The lowest BCUT2D eigenvalue weighted by Crippen LogP contribution is -2.34. The van der Waals surface area contributed by atoms with Gasteiger partial charge in [0.1, 0.15) is 0 Å². The molecule has 0 aliphatic heterocycles. The second kappa shape index (κ2) is 4.82. The molecule has 3 rings (SSSR count). The zero-order chi connectivity index (χ0) is 16.2. The van der Waals surface area contributed by atoms with Gasteiger partial charge in [0.15, 0.2) is 0 Å². The fourth-order valence-corrected chi connectivity index (χ4v) is 4.81. The number of nitrogens with one attached hydrogen (secondary N) is 1. The summed E-state index contributed by atoms with van der Waals surface area (Å²) in [5, 5.41) is 4.32. The zero-order valence-electron chi connectivity index (χ0n) is 13.7. The number of hydrazone groups is 1. The molecule has 22 heavy (non-hydrogen) atoms. The maximum Gasteiger partial charge on any atom is 0.276 e. The Balaban J connectivity index is 1.85. The van der Waals surface area contributed by atoms with E-state index < -0.39 is 10.0 Å². The average molecular weight is 320 g/mol. The summed E-state index contributed by atoms with van der Waals surface area (Å²) >= 11 is 0. The van der Waals surface area contributed by atoms with Gasteiger partial charge >= 0.3 is 0 Å². The van der Waals surface area contributed by atoms with E-state index in [1.807, 2.05) is 6.92 Å². The van der Waals surface area contributed by atoms with Crippen LogP contribution < -0.4 is 4.83 Å². The number of fused-ring (bicyclic) bond motifs is 2. The predicted molar refractivity (Wildman–Crippen MR) is 88.2 cm³/mol. The third-order valence-corrected chi connectivity index (χ3v) is 7.37. The van der Waals surface area contributed by atoms with Crippen molar-refractivity contribution in [3.8, 4) is 0 Å². The van der Waals surface area contributed by atoms with Gasteiger partial charge in [0.2, 0.25) is 0 Å². The van der Waals surface area contributed by atoms with Gasteiger partial charge in [-0.3, -0.25) is 0 Å². The smallest absolute Gasteiger partial charge is 0.200 e. The SMILES string of the molecule is Cc1ccc(S(=O)(=O)N/N=C2/C[C@H]3CC[C@@]2(C)C3(C)C)cc1. The summed E-state index contributed by atoms with van der Waals surface area (Å²) in [5.41, 5.74) is 2.24. The number of hydrogen-bond donors (Lipinski definition) is 1. The molecule has 0 aromatic heterocycles. The van der Waals surface area contributed by atoms with Gasteiger partial charge < -0.3 is 0 Å². The van der Waals surface area contributed by atoms with Gasteiger partial charge in [-0.25, -0.2) is 4.83 Å². The zero-order valence-corrected chi connectivity index (χ0v) is 14.5. The molecule has 4 nitrogen and oxygen atoms in total. The van der Waals surface area contributed by atoms with Crippen LogP contribution in [0.3, 0.4) is 0 Å². The van der Waals surface area contributed by atoms with E-state index in [1.165, 1.54) is 6.42 Å². The molecule has 0 unspecified atom stereocenters. The molecule has 2 fully saturated rings. The fourth-order valence-electron chi connectivity index (χ4n) is 3.98. The molecule has 2 saturated carbocycles. The lowest BCUT2D eigenvalue weighted by molar-refractivity contribution is 0.193. The van der Waals surface area contributed by atoms with Gasteiger partial charge in [0.25, 0.3) is 10.0 Å². The van der Waals surface area contributed by atoms with Crippen LogP contribution in [0.25, 0.3) is 0 Å². The van der Waals surface area contributed by atoms with Crippen molar-refractivity contribution in [1.29, 1.82) is 0 Å². The van der Waals surface area contributed by atoms with Crippen molar-refractivity contribution in [3.05, 3.63) is 29.8 Å². The van der Waals surface area contributed by atoms with Crippen molar-refractivity contribution in [3.63, 3.8) is 0 Å². The quantitative estimate of drug-likeness (QED) is 0.867. The molecule has 120 valence electrons. The molecule has 2 aliphatic rings. The molecule has 0 saturated heterocycles. The standard InChI is InChI=1S/C17H24N2O2S/c1-12-5-7-14(8-6-12)22(20,21)19-18-15-11-13-9-10-17(15,4)16(13,2)3/h5-8,13,19H,9-11H2,1-4H3/b18-15-/t13-,17-/m1/s1. The third kappa shape index (κ3) is 2.18. The van der Waals surface area contributed by atoms with Crippen LogP contribution in [0.1, 0.15) is 45.6 Å². The van der Waals surface area contributed by atoms with Gasteiger partial charge in [-0.1, -0.05) is 38.5 Å². The lowest BCUT2D eigenvalue weighted by atomic mass is 9.70. The third-order valence-electron chi connectivity index (χ3n) is 6.14. The van der Waals surface area contributed by atoms with Crippen LogP contribution in [-0.2, 0) is 10.0 Å². The summed E-state index contributed by atoms with van der Waals surface area (Å²) in [6.07, 6.45) is 3.21. The molecular formula is C17H24N2O2S. The molecule has 1 N–H and O–H groups in total. The summed E-state index contributed by atoms with van der Waals surface area (Å²) < 4.78 is 24.7. The van der Waals surface area contributed by atoms with Crippen LogP contribution in [0.4, 0.5) is 0 Å². The van der Waals surface area contributed by atoms with Crippen LogP contribution in [0.5, 0.6) is 0 Å². The summed E-state index contributed by atoms with van der Waals surface area (Å²) in [6.45, 7) is 8.71. The number of aryl methyl sites for hydroxylation is 1. The molecular weight excluding hydrogens is 296 g/mol. The highest BCUT2D eigenvalue weighted by Gasteiger charge is 2.60. The summed E-state index contributed by atoms with van der Waals surface area (Å²) in [6, 6.07) is 6.82. The minimum absolute atomic E-state index is 0.00740. The van der Waals surface area contributed by atoms with Crippen LogP contribution >= 0.6 is 0 Å². The monoisotopic (exact) mass is 320 g/mol. The van der Waals surface area contributed by atoms with Crippen molar-refractivity contribution >= 4 is 15.7 Å². The second-order valence-electron chi connectivity index (χ2n) is 7.46. The summed E-state index contributed by atoms with van der Waals surface area (Å²) in [5.74, 6) is 0.611. The number of hydrogen-bond acceptors (Lipinski definition) is 3. The normalized spacial score (nSPS) is 31.6. The minimum atomic E-state index is -3.58. The molecule has 1 aromatic rings. The highest BCUT2D eigenvalue weighted by Crippen LogP contribution is 2.63. The van der Waals surface area contributed by atoms with Crippen LogP contribution in [-0.4, -0.2) is 14.1 Å². The van der Waals surface area contributed by atoms with Crippen molar-refractivity contribution in [2.75, 3.05) is 0 Å². The van der Waals surface area contributed by atoms with E-state index in [0.29, 0.717) is 5.92 Å². The van der Waals surface area contributed by atoms with Crippen molar-refractivity contribution in [2.24, 2.45) is 21.8 Å². The van der Waals surface area contributed by atoms with E-state index in [-0.39, 0.29) is 15.7 Å². The first-order valence-corrected chi connectivity index (χ1v) is 9.31. The van der Waals surface area contributed by atoms with E-state index in [9.17, 15) is 8.42 Å². The lowest BCUT2D eigenvalue weighted by Gasteiger charge is -2.34. The molecule has 2 aliphatic carbocycles. The molecule has 1 aromatic carbocycles. The van der Waals surface area contributed by atoms with Gasteiger partial charge in [0.05, 0.1) is 4.90 Å². The average Bonchev–Trinajstić information content (AvgIpc) is 2.78. The molecule has 0 radical (unpaired) electrons. The second-order valence-corrected chi connectivity index (χ2v) is 9.12. The van der Waals surface area contributed by atoms with Gasteiger partial charge in [-0.05, 0) is 49.7 Å². The first-order valence-electron chi connectivity index (χ1n) is 7.82. The molecule has 0 heterocycles. The number of benzene rings is 1. The molecule has 0 amide bonds. The first-order chi connectivity index (χ1) is 10.2. The van der Waals surface area contributed by atoms with E-state index in [2.05, 4.69) is 30.7 Å². The summed E-state index contributed by atoms with van der Waals surface area (Å²) in [7, 11) is -3.58. The van der Waals surface area contributed by atoms with E-state index in [1.54, 1.807) is 24.3 Å². The Hall–Kier alpha value is -1.36. The van der Waals surface area contributed by atoms with Gasteiger partial charge in [-0.15, -0.1) is 0 Å². The maximum atomic E-state index is 12.4. The predicted octanol–water partition coefficient (Wildman–Crippen LogP) is 3.48. The summed E-state index contributed by atoms with van der Waals surface area (Å²) in [4.78, 5) is 2.70.